The maximum absolute atomic E-state index is 10.9. The molecule has 1 N–H and O–H groups in total. The van der Waals surface area contributed by atoms with Gasteiger partial charge in [-0.3, -0.25) is 0 Å². The first-order valence-corrected chi connectivity index (χ1v) is 8.04. The summed E-state index contributed by atoms with van der Waals surface area (Å²) >= 11 is 1.92. The van der Waals surface area contributed by atoms with Crippen molar-refractivity contribution >= 4 is 23.5 Å². The van der Waals surface area contributed by atoms with Gasteiger partial charge >= 0.3 is 5.97 Å². The van der Waals surface area contributed by atoms with Crippen molar-refractivity contribution in [1.82, 2.24) is 9.97 Å². The number of benzene rings is 1. The molecule has 6 nitrogen and oxygen atoms in total. The van der Waals surface area contributed by atoms with Gasteiger partial charge < -0.3 is 14.7 Å². The van der Waals surface area contributed by atoms with Crippen LogP contribution in [0.15, 0.2) is 36.7 Å². The summed E-state index contributed by atoms with van der Waals surface area (Å²) in [6, 6.07) is 6.25. The molecule has 0 atom stereocenters. The molecule has 114 valence electrons. The molecule has 0 spiro atoms. The van der Waals surface area contributed by atoms with Crippen molar-refractivity contribution in [3.8, 4) is 11.6 Å². The van der Waals surface area contributed by atoms with E-state index < -0.39 is 5.97 Å². The predicted molar refractivity (Wildman–Crippen MR) is 85.0 cm³/mol. The zero-order chi connectivity index (χ0) is 15.4. The van der Waals surface area contributed by atoms with Crippen LogP contribution < -0.4 is 9.64 Å². The number of carbonyl (C=O) groups is 1. The Bertz CT molecular complexity index is 657. The Morgan fingerprint density at radius 2 is 1.82 bits per heavy atom. The fraction of sp³-hybridized carbons (Fsp3) is 0.267. The molecule has 0 amide bonds. The molecule has 3 rings (SSSR count). The normalized spacial score (nSPS) is 14.6. The number of nitrogens with zero attached hydrogens (tertiary/aromatic N) is 3. The summed E-state index contributed by atoms with van der Waals surface area (Å²) in [5.74, 6) is 2.87. The van der Waals surface area contributed by atoms with Crippen LogP contribution in [0.2, 0.25) is 0 Å². The lowest BCUT2D eigenvalue weighted by molar-refractivity contribution is 0.0697. The van der Waals surface area contributed by atoms with E-state index >= 15 is 0 Å². The van der Waals surface area contributed by atoms with Crippen LogP contribution in [0, 0.1) is 0 Å². The first kappa shape index (κ1) is 14.6. The van der Waals surface area contributed by atoms with E-state index in [1.165, 1.54) is 12.1 Å². The molecule has 7 heteroatoms. The van der Waals surface area contributed by atoms with Gasteiger partial charge in [-0.05, 0) is 24.3 Å². The second kappa shape index (κ2) is 6.65. The summed E-state index contributed by atoms with van der Waals surface area (Å²) in [6.07, 6.45) is 3.24. The maximum atomic E-state index is 10.9. The molecule has 0 unspecified atom stereocenters. The second-order valence-corrected chi connectivity index (χ2v) is 5.94. The van der Waals surface area contributed by atoms with Gasteiger partial charge in [0.2, 0.25) is 0 Å². The van der Waals surface area contributed by atoms with E-state index in [0.29, 0.717) is 11.6 Å². The van der Waals surface area contributed by atoms with Crippen molar-refractivity contribution < 1.29 is 14.6 Å². The van der Waals surface area contributed by atoms with Crippen LogP contribution >= 0.6 is 11.8 Å². The van der Waals surface area contributed by atoms with E-state index in [1.54, 1.807) is 24.5 Å². The molecule has 1 aliphatic rings. The Morgan fingerprint density at radius 3 is 2.50 bits per heavy atom. The number of rotatable bonds is 4. The molecule has 1 saturated heterocycles. The average molecular weight is 317 g/mol. The van der Waals surface area contributed by atoms with Crippen LogP contribution in [-0.4, -0.2) is 45.6 Å². The zero-order valence-electron chi connectivity index (χ0n) is 11.8. The molecule has 1 fully saturated rings. The molecule has 0 aliphatic carbocycles. The van der Waals surface area contributed by atoms with Crippen molar-refractivity contribution in [3.05, 3.63) is 42.2 Å². The number of carboxylic acids is 1. The minimum absolute atomic E-state index is 0.222. The first-order valence-electron chi connectivity index (χ1n) is 6.89. The highest BCUT2D eigenvalue weighted by Crippen LogP contribution is 2.29. The minimum atomic E-state index is -0.961. The quantitative estimate of drug-likeness (QED) is 0.928. The highest BCUT2D eigenvalue weighted by molar-refractivity contribution is 7.99. The standard InChI is InChI=1S/C15H15N3O3S/c19-15(20)11-1-3-12(4-2-11)21-14-13(16-5-6-17-14)18-7-9-22-10-8-18/h1-6H,7-10H2,(H,19,20). The van der Waals surface area contributed by atoms with Crippen molar-refractivity contribution in [2.24, 2.45) is 0 Å². The fourth-order valence-corrected chi connectivity index (χ4v) is 3.06. The Balaban J connectivity index is 1.81. The molecule has 1 aromatic carbocycles. The number of ether oxygens (including phenoxy) is 1. The van der Waals surface area contributed by atoms with Crippen LogP contribution in [0.25, 0.3) is 0 Å². The van der Waals surface area contributed by atoms with Gasteiger partial charge in [0.25, 0.3) is 5.88 Å². The van der Waals surface area contributed by atoms with Crippen molar-refractivity contribution in [3.63, 3.8) is 0 Å². The van der Waals surface area contributed by atoms with E-state index in [1.807, 2.05) is 11.8 Å². The third-order valence-corrected chi connectivity index (χ3v) is 4.22. The van der Waals surface area contributed by atoms with E-state index in [9.17, 15) is 4.79 Å². The summed E-state index contributed by atoms with van der Waals surface area (Å²) in [5.41, 5.74) is 0.222. The maximum Gasteiger partial charge on any atom is 0.335 e. The van der Waals surface area contributed by atoms with E-state index in [4.69, 9.17) is 9.84 Å². The van der Waals surface area contributed by atoms with E-state index in [-0.39, 0.29) is 5.56 Å². The van der Waals surface area contributed by atoms with E-state index in [2.05, 4.69) is 14.9 Å². The lowest BCUT2D eigenvalue weighted by Crippen LogP contribution is -2.33. The monoisotopic (exact) mass is 317 g/mol. The highest BCUT2D eigenvalue weighted by atomic mass is 32.2. The number of aromatic carboxylic acids is 1. The molecular formula is C15H15N3O3S. The number of thioether (sulfide) groups is 1. The largest absolute Gasteiger partial charge is 0.478 e. The number of anilines is 1. The Kier molecular flexibility index (Phi) is 4.43. The number of hydrogen-bond donors (Lipinski definition) is 1. The Morgan fingerprint density at radius 1 is 1.14 bits per heavy atom. The van der Waals surface area contributed by atoms with Gasteiger partial charge in [0.1, 0.15) is 5.75 Å². The average Bonchev–Trinajstić information content (AvgIpc) is 2.57. The molecule has 0 radical (unpaired) electrons. The van der Waals surface area contributed by atoms with Gasteiger partial charge in [-0.1, -0.05) is 0 Å². The van der Waals surface area contributed by atoms with Gasteiger partial charge in [0, 0.05) is 37.0 Å². The smallest absolute Gasteiger partial charge is 0.335 e. The minimum Gasteiger partial charge on any atom is -0.478 e. The van der Waals surface area contributed by atoms with Crippen LogP contribution in [-0.2, 0) is 0 Å². The topological polar surface area (TPSA) is 75.5 Å². The highest BCUT2D eigenvalue weighted by Gasteiger charge is 2.18. The van der Waals surface area contributed by atoms with Gasteiger partial charge in [-0.2, -0.15) is 11.8 Å². The SMILES string of the molecule is O=C(O)c1ccc(Oc2nccnc2N2CCSCC2)cc1. The fourth-order valence-electron chi connectivity index (χ4n) is 2.16. The number of hydrogen-bond acceptors (Lipinski definition) is 6. The zero-order valence-corrected chi connectivity index (χ0v) is 12.6. The number of carboxylic acid groups (broad SMARTS) is 1. The summed E-state index contributed by atoms with van der Waals surface area (Å²) in [7, 11) is 0. The van der Waals surface area contributed by atoms with Crippen molar-refractivity contribution in [1.29, 1.82) is 0 Å². The molecule has 0 saturated carbocycles. The van der Waals surface area contributed by atoms with E-state index in [0.717, 1.165) is 30.4 Å². The number of aromatic nitrogens is 2. The van der Waals surface area contributed by atoms with Crippen LogP contribution in [0.4, 0.5) is 5.82 Å². The lowest BCUT2D eigenvalue weighted by Gasteiger charge is -2.28. The van der Waals surface area contributed by atoms with Crippen molar-refractivity contribution in [2.45, 2.75) is 0 Å². The molecule has 2 heterocycles. The third-order valence-electron chi connectivity index (χ3n) is 3.27. The Hall–Kier alpha value is -2.28. The van der Waals surface area contributed by atoms with Crippen molar-refractivity contribution in [2.75, 3.05) is 29.5 Å². The van der Waals surface area contributed by atoms with Gasteiger partial charge in [0.05, 0.1) is 5.56 Å². The molecule has 1 aliphatic heterocycles. The molecule has 0 bridgehead atoms. The molecule has 2 aromatic rings. The summed E-state index contributed by atoms with van der Waals surface area (Å²) in [6.45, 7) is 1.83. The van der Waals surface area contributed by atoms with Gasteiger partial charge in [-0.15, -0.1) is 0 Å². The molecule has 22 heavy (non-hydrogen) atoms. The summed E-state index contributed by atoms with van der Waals surface area (Å²) < 4.78 is 5.78. The predicted octanol–water partition coefficient (Wildman–Crippen LogP) is 2.52. The van der Waals surface area contributed by atoms with Crippen LogP contribution in [0.3, 0.4) is 0 Å². The summed E-state index contributed by atoms with van der Waals surface area (Å²) in [5, 5.41) is 8.91. The van der Waals surface area contributed by atoms with Crippen LogP contribution in [0.5, 0.6) is 11.6 Å². The lowest BCUT2D eigenvalue weighted by atomic mass is 10.2. The molecule has 1 aromatic heterocycles. The second-order valence-electron chi connectivity index (χ2n) is 4.72. The summed E-state index contributed by atoms with van der Waals surface area (Å²) in [4.78, 5) is 21.7. The van der Waals surface area contributed by atoms with Crippen LogP contribution in [0.1, 0.15) is 10.4 Å². The van der Waals surface area contributed by atoms with Gasteiger partial charge in [0.15, 0.2) is 5.82 Å². The third kappa shape index (κ3) is 3.30. The van der Waals surface area contributed by atoms with Gasteiger partial charge in [-0.25, -0.2) is 14.8 Å². The molecular weight excluding hydrogens is 302 g/mol. The first-order chi connectivity index (χ1) is 10.7. The Labute approximate surface area is 132 Å².